The van der Waals surface area contributed by atoms with E-state index in [0.29, 0.717) is 22.2 Å². The van der Waals surface area contributed by atoms with E-state index in [9.17, 15) is 22.0 Å². The van der Waals surface area contributed by atoms with Crippen LogP contribution in [-0.4, -0.2) is 46.5 Å². The smallest absolute Gasteiger partial charge is 0.289 e. The van der Waals surface area contributed by atoms with Gasteiger partial charge in [-0.1, -0.05) is 24.3 Å². The number of halogens is 5. The highest BCUT2D eigenvalue weighted by molar-refractivity contribution is 5.98. The van der Waals surface area contributed by atoms with Crippen LogP contribution in [0.15, 0.2) is 59.9 Å². The monoisotopic (exact) mass is 518 g/mol. The number of aliphatic imine (C=N–C) groups is 1. The summed E-state index contributed by atoms with van der Waals surface area (Å²) in [4.78, 5) is 10.9. The zero-order valence-electron chi connectivity index (χ0n) is 18.9. The Morgan fingerprint density at radius 2 is 1.86 bits per heavy atom. The minimum atomic E-state index is -2.62. The van der Waals surface area contributed by atoms with Crippen LogP contribution in [0.3, 0.4) is 0 Å². The number of benzene rings is 2. The van der Waals surface area contributed by atoms with E-state index in [1.807, 2.05) is 0 Å². The molecule has 0 saturated carbocycles. The van der Waals surface area contributed by atoms with Gasteiger partial charge in [0.15, 0.2) is 23.1 Å². The molecule has 0 fully saturated rings. The lowest BCUT2D eigenvalue weighted by Crippen LogP contribution is -2.43. The summed E-state index contributed by atoms with van der Waals surface area (Å²) >= 11 is 0. The standard InChI is InChI=1S/C25H19F5N4O3/c26-17-7-15(34-24-33-10-25(30,11-35)12-36-24)8-18(27)21(17)37-19-5-6-31-23-20(19)16(9-32-23)13-1-3-14(4-2-13)22(28)29/h1-9,22,35H,10-12H2,(H,31,32)(H,33,34). The molecule has 1 aliphatic rings. The van der Waals surface area contributed by atoms with Gasteiger partial charge in [-0.3, -0.25) is 0 Å². The van der Waals surface area contributed by atoms with Crippen molar-refractivity contribution in [1.29, 1.82) is 0 Å². The number of amidine groups is 1. The van der Waals surface area contributed by atoms with E-state index in [4.69, 9.17) is 14.6 Å². The van der Waals surface area contributed by atoms with Crippen LogP contribution in [0.1, 0.15) is 12.0 Å². The molecule has 0 amide bonds. The number of ether oxygens (including phenoxy) is 2. The zero-order chi connectivity index (χ0) is 26.2. The van der Waals surface area contributed by atoms with E-state index in [1.165, 1.54) is 36.5 Å². The number of anilines is 1. The van der Waals surface area contributed by atoms with Crippen LogP contribution in [0.4, 0.5) is 27.6 Å². The first-order chi connectivity index (χ1) is 17.8. The SMILES string of the molecule is OCC1(F)CN=C(Nc2cc(F)c(Oc3ccnc4[nH]cc(-c5ccc(C(F)F)cc5)c34)c(F)c2)OC1. The maximum Gasteiger partial charge on any atom is 0.289 e. The van der Waals surface area contributed by atoms with E-state index in [-0.39, 0.29) is 29.6 Å². The fourth-order valence-electron chi connectivity index (χ4n) is 3.78. The Labute approximate surface area is 206 Å². The maximum atomic E-state index is 14.9. The van der Waals surface area contributed by atoms with Crippen LogP contribution in [0.2, 0.25) is 0 Å². The van der Waals surface area contributed by atoms with Crippen molar-refractivity contribution in [3.05, 3.63) is 72.1 Å². The summed E-state index contributed by atoms with van der Waals surface area (Å²) in [5.41, 5.74) is -0.741. The van der Waals surface area contributed by atoms with Crippen molar-refractivity contribution < 1.29 is 36.5 Å². The summed E-state index contributed by atoms with van der Waals surface area (Å²) in [7, 11) is 0. The van der Waals surface area contributed by atoms with Gasteiger partial charge < -0.3 is 24.9 Å². The molecule has 1 aliphatic heterocycles. The normalized spacial score (nSPS) is 17.5. The molecule has 0 radical (unpaired) electrons. The Balaban J connectivity index is 1.43. The maximum absolute atomic E-state index is 14.9. The lowest BCUT2D eigenvalue weighted by molar-refractivity contribution is 0.0181. The molecule has 7 nitrogen and oxygen atoms in total. The van der Waals surface area contributed by atoms with Crippen molar-refractivity contribution in [1.82, 2.24) is 9.97 Å². The van der Waals surface area contributed by atoms with Crippen LogP contribution in [0.25, 0.3) is 22.2 Å². The minimum absolute atomic E-state index is 0.0576. The number of nitrogens with zero attached hydrogens (tertiary/aromatic N) is 2. The average Bonchev–Trinajstić information content (AvgIpc) is 3.33. The third-order valence-electron chi connectivity index (χ3n) is 5.73. The number of hydrogen-bond acceptors (Lipinski definition) is 6. The Bertz CT molecular complexity index is 1450. The molecule has 0 saturated heterocycles. The number of aliphatic hydroxyl groups excluding tert-OH is 1. The highest BCUT2D eigenvalue weighted by Gasteiger charge is 2.34. The molecule has 4 aromatic rings. The van der Waals surface area contributed by atoms with E-state index < -0.39 is 42.7 Å². The van der Waals surface area contributed by atoms with Gasteiger partial charge in [-0.2, -0.15) is 0 Å². The van der Waals surface area contributed by atoms with Crippen LogP contribution in [0, 0.1) is 11.6 Å². The summed E-state index contributed by atoms with van der Waals surface area (Å²) < 4.78 is 80.4. The Hall–Kier alpha value is -4.19. The fourth-order valence-corrected chi connectivity index (χ4v) is 3.78. The lowest BCUT2D eigenvalue weighted by Gasteiger charge is -2.26. The quantitative estimate of drug-likeness (QED) is 0.283. The minimum Gasteiger partial charge on any atom is -0.461 e. The van der Waals surface area contributed by atoms with E-state index >= 15 is 0 Å². The second-order valence-electron chi connectivity index (χ2n) is 8.37. The number of hydrogen-bond donors (Lipinski definition) is 3. The van der Waals surface area contributed by atoms with Crippen LogP contribution in [-0.2, 0) is 4.74 Å². The summed E-state index contributed by atoms with van der Waals surface area (Å²) in [6.45, 7) is -1.62. The molecular formula is C25H19F5N4O3. The molecule has 12 heteroatoms. The molecule has 3 N–H and O–H groups in total. The van der Waals surface area contributed by atoms with E-state index in [2.05, 4.69) is 20.3 Å². The topological polar surface area (TPSA) is 91.8 Å². The molecule has 1 unspecified atom stereocenters. The van der Waals surface area contributed by atoms with Gasteiger partial charge in [0.05, 0.1) is 18.5 Å². The first-order valence-corrected chi connectivity index (χ1v) is 11.0. The number of aromatic nitrogens is 2. The second kappa shape index (κ2) is 9.69. The van der Waals surface area contributed by atoms with Crippen molar-refractivity contribution in [2.45, 2.75) is 12.1 Å². The first-order valence-electron chi connectivity index (χ1n) is 11.0. The van der Waals surface area contributed by atoms with Gasteiger partial charge in [0.25, 0.3) is 12.4 Å². The number of pyridine rings is 1. The number of H-pyrrole nitrogens is 1. The number of fused-ring (bicyclic) bond motifs is 1. The second-order valence-corrected chi connectivity index (χ2v) is 8.37. The predicted octanol–water partition coefficient (Wildman–Crippen LogP) is 5.74. The average molecular weight is 518 g/mol. The van der Waals surface area contributed by atoms with Gasteiger partial charge in [0.2, 0.25) is 0 Å². The van der Waals surface area contributed by atoms with Crippen molar-refractivity contribution in [2.75, 3.05) is 25.1 Å². The fraction of sp³-hybridized carbons (Fsp3) is 0.200. The Morgan fingerprint density at radius 3 is 2.49 bits per heavy atom. The van der Waals surface area contributed by atoms with Crippen molar-refractivity contribution in [2.24, 2.45) is 4.99 Å². The van der Waals surface area contributed by atoms with Crippen molar-refractivity contribution >= 4 is 22.7 Å². The Morgan fingerprint density at radius 1 is 1.14 bits per heavy atom. The molecule has 0 bridgehead atoms. The van der Waals surface area contributed by atoms with Gasteiger partial charge in [-0.15, -0.1) is 0 Å². The van der Waals surface area contributed by atoms with Gasteiger partial charge in [0.1, 0.15) is 18.0 Å². The van der Waals surface area contributed by atoms with Crippen LogP contribution in [0.5, 0.6) is 11.5 Å². The molecule has 2 aromatic heterocycles. The number of aromatic amines is 1. The number of aliphatic hydroxyl groups is 1. The van der Waals surface area contributed by atoms with Gasteiger partial charge in [-0.05, 0) is 11.6 Å². The number of rotatable bonds is 6. The van der Waals surface area contributed by atoms with Crippen LogP contribution >= 0.6 is 0 Å². The molecule has 5 rings (SSSR count). The molecule has 192 valence electrons. The molecule has 1 atom stereocenters. The van der Waals surface area contributed by atoms with Crippen molar-refractivity contribution in [3.8, 4) is 22.6 Å². The highest BCUT2D eigenvalue weighted by Crippen LogP contribution is 2.39. The van der Waals surface area contributed by atoms with Gasteiger partial charge in [0, 0.05) is 41.3 Å². The van der Waals surface area contributed by atoms with Crippen LogP contribution < -0.4 is 10.1 Å². The molecule has 37 heavy (non-hydrogen) atoms. The Kier molecular flexibility index (Phi) is 6.42. The van der Waals surface area contributed by atoms with Gasteiger partial charge in [-0.25, -0.2) is 31.9 Å². The summed E-state index contributed by atoms with van der Waals surface area (Å²) in [5.74, 6) is -2.69. The summed E-state index contributed by atoms with van der Waals surface area (Å²) in [6.07, 6.45) is 0.366. The highest BCUT2D eigenvalue weighted by atomic mass is 19.3. The number of alkyl halides is 3. The summed E-state index contributed by atoms with van der Waals surface area (Å²) in [6, 6.07) is 8.77. The first kappa shape index (κ1) is 24.5. The zero-order valence-corrected chi connectivity index (χ0v) is 18.9. The van der Waals surface area contributed by atoms with E-state index in [1.54, 1.807) is 6.20 Å². The molecular weight excluding hydrogens is 499 g/mol. The molecule has 0 spiro atoms. The molecule has 2 aromatic carbocycles. The molecule has 3 heterocycles. The predicted molar refractivity (Wildman–Crippen MR) is 126 cm³/mol. The van der Waals surface area contributed by atoms with Crippen molar-refractivity contribution in [3.63, 3.8) is 0 Å². The largest absolute Gasteiger partial charge is 0.461 e. The molecule has 0 aliphatic carbocycles. The number of nitrogens with one attached hydrogen (secondary N) is 2. The van der Waals surface area contributed by atoms with E-state index in [0.717, 1.165) is 12.1 Å². The summed E-state index contributed by atoms with van der Waals surface area (Å²) in [5, 5.41) is 12.0. The lowest BCUT2D eigenvalue weighted by atomic mass is 10.0. The third kappa shape index (κ3) is 4.92. The van der Waals surface area contributed by atoms with Gasteiger partial charge >= 0.3 is 0 Å². The third-order valence-corrected chi connectivity index (χ3v) is 5.73.